The first kappa shape index (κ1) is 13.0. The summed E-state index contributed by atoms with van der Waals surface area (Å²) in [5.74, 6) is -0.00613. The summed E-state index contributed by atoms with van der Waals surface area (Å²) in [4.78, 5) is 12.3. The Morgan fingerprint density at radius 1 is 1.00 bits per heavy atom. The van der Waals surface area contributed by atoms with Crippen molar-refractivity contribution in [2.45, 2.75) is 13.0 Å². The highest BCUT2D eigenvalue weighted by atomic mass is 16.2. The van der Waals surface area contributed by atoms with Crippen molar-refractivity contribution in [3.05, 3.63) is 70.9 Å². The molecule has 0 bridgehead atoms. The molecule has 1 unspecified atom stereocenters. The van der Waals surface area contributed by atoms with Crippen molar-refractivity contribution in [1.29, 1.82) is 0 Å². The van der Waals surface area contributed by atoms with E-state index in [0.717, 1.165) is 28.2 Å². The van der Waals surface area contributed by atoms with Gasteiger partial charge in [0.2, 0.25) is 0 Å². The molecule has 0 saturated heterocycles. The summed E-state index contributed by atoms with van der Waals surface area (Å²) >= 11 is 0. The van der Waals surface area contributed by atoms with E-state index < -0.39 is 0 Å². The fraction of sp³-hybridized carbons (Fsp3) is 0.167. The van der Waals surface area contributed by atoms with E-state index in [0.29, 0.717) is 6.54 Å². The van der Waals surface area contributed by atoms with Crippen LogP contribution in [0.4, 0.5) is 11.4 Å². The molecule has 110 valence electrons. The second-order valence-corrected chi connectivity index (χ2v) is 5.73. The Kier molecular flexibility index (Phi) is 2.89. The van der Waals surface area contributed by atoms with Crippen LogP contribution in [0.15, 0.2) is 59.8 Å². The van der Waals surface area contributed by atoms with Crippen molar-refractivity contribution < 1.29 is 4.79 Å². The van der Waals surface area contributed by atoms with Crippen LogP contribution in [0.1, 0.15) is 17.2 Å². The molecular formula is C18H17N3O. The van der Waals surface area contributed by atoms with Gasteiger partial charge in [-0.1, -0.05) is 42.0 Å². The van der Waals surface area contributed by atoms with Crippen LogP contribution in [0.3, 0.4) is 0 Å². The van der Waals surface area contributed by atoms with Gasteiger partial charge in [-0.15, -0.1) is 0 Å². The van der Waals surface area contributed by atoms with Gasteiger partial charge in [0.1, 0.15) is 0 Å². The fourth-order valence-corrected chi connectivity index (χ4v) is 3.03. The van der Waals surface area contributed by atoms with Crippen molar-refractivity contribution >= 4 is 17.3 Å². The number of para-hydroxylation sites is 2. The number of rotatable bonds is 1. The van der Waals surface area contributed by atoms with Gasteiger partial charge in [-0.05, 0) is 24.6 Å². The molecule has 0 fully saturated rings. The van der Waals surface area contributed by atoms with Gasteiger partial charge in [-0.2, -0.15) is 0 Å². The highest BCUT2D eigenvalue weighted by Crippen LogP contribution is 2.37. The molecule has 0 aromatic heterocycles. The first-order chi connectivity index (χ1) is 10.7. The maximum atomic E-state index is 12.3. The summed E-state index contributed by atoms with van der Waals surface area (Å²) in [5, 5.41) is 9.83. The van der Waals surface area contributed by atoms with Crippen molar-refractivity contribution in [2.75, 3.05) is 17.2 Å². The Balaban J connectivity index is 1.85. The first-order valence-electron chi connectivity index (χ1n) is 7.43. The van der Waals surface area contributed by atoms with E-state index in [1.165, 1.54) is 5.56 Å². The van der Waals surface area contributed by atoms with Crippen LogP contribution in [0.25, 0.3) is 0 Å². The highest BCUT2D eigenvalue weighted by molar-refractivity contribution is 6.00. The van der Waals surface area contributed by atoms with E-state index >= 15 is 0 Å². The summed E-state index contributed by atoms with van der Waals surface area (Å²) in [6.45, 7) is 2.61. The van der Waals surface area contributed by atoms with Crippen LogP contribution < -0.4 is 16.0 Å². The third-order valence-corrected chi connectivity index (χ3v) is 4.21. The van der Waals surface area contributed by atoms with E-state index in [1.54, 1.807) is 0 Å². The van der Waals surface area contributed by atoms with Crippen molar-refractivity contribution in [3.8, 4) is 0 Å². The summed E-state index contributed by atoms with van der Waals surface area (Å²) in [6.07, 6.45) is 0. The number of amides is 1. The molecule has 4 heteroatoms. The van der Waals surface area contributed by atoms with Gasteiger partial charge in [0.25, 0.3) is 5.91 Å². The number of carbonyl (C=O) groups is 1. The molecule has 0 aliphatic carbocycles. The zero-order valence-corrected chi connectivity index (χ0v) is 12.3. The molecule has 1 amide bonds. The largest absolute Gasteiger partial charge is 0.372 e. The minimum atomic E-state index is -0.144. The Morgan fingerprint density at radius 2 is 1.73 bits per heavy atom. The third-order valence-electron chi connectivity index (χ3n) is 4.21. The Morgan fingerprint density at radius 3 is 2.50 bits per heavy atom. The van der Waals surface area contributed by atoms with E-state index in [2.05, 4.69) is 47.1 Å². The quantitative estimate of drug-likeness (QED) is 0.757. The monoisotopic (exact) mass is 291 g/mol. The normalized spacial score (nSPS) is 19.5. The average molecular weight is 291 g/mol. The van der Waals surface area contributed by atoms with Crippen molar-refractivity contribution in [2.24, 2.45) is 0 Å². The molecule has 2 aliphatic rings. The lowest BCUT2D eigenvalue weighted by atomic mass is 9.97. The molecule has 1 atom stereocenters. The number of hydrogen-bond acceptors (Lipinski definition) is 3. The Hall–Kier alpha value is -2.75. The smallest absolute Gasteiger partial charge is 0.251 e. The number of anilines is 2. The summed E-state index contributed by atoms with van der Waals surface area (Å²) in [5.41, 5.74) is 6.04. The molecule has 0 saturated carbocycles. The molecule has 2 aromatic carbocycles. The summed E-state index contributed by atoms with van der Waals surface area (Å²) in [6, 6.07) is 16.2. The molecule has 3 N–H and O–H groups in total. The predicted octanol–water partition coefficient (Wildman–Crippen LogP) is 2.96. The summed E-state index contributed by atoms with van der Waals surface area (Å²) in [7, 11) is 0. The molecular weight excluding hydrogens is 274 g/mol. The standard InChI is InChI=1S/C18H17N3O/c1-11-6-8-12(9-7-11)17-16-15(10-19-18(16)22)20-13-4-2-3-5-14(13)21-17/h2-9,17,20-21H,10H2,1H3,(H,19,22). The van der Waals surface area contributed by atoms with E-state index in [4.69, 9.17) is 0 Å². The van der Waals surface area contributed by atoms with Crippen LogP contribution >= 0.6 is 0 Å². The fourth-order valence-electron chi connectivity index (χ4n) is 3.03. The minimum Gasteiger partial charge on any atom is -0.372 e. The maximum absolute atomic E-state index is 12.3. The summed E-state index contributed by atoms with van der Waals surface area (Å²) < 4.78 is 0. The molecule has 4 nitrogen and oxygen atoms in total. The first-order valence-corrected chi connectivity index (χ1v) is 7.43. The number of benzene rings is 2. The zero-order chi connectivity index (χ0) is 15.1. The molecule has 2 heterocycles. The van der Waals surface area contributed by atoms with Crippen LogP contribution in [0, 0.1) is 6.92 Å². The van der Waals surface area contributed by atoms with E-state index in [9.17, 15) is 4.79 Å². The minimum absolute atomic E-state index is 0.00613. The van der Waals surface area contributed by atoms with Crippen LogP contribution in [-0.2, 0) is 4.79 Å². The van der Waals surface area contributed by atoms with Gasteiger partial charge < -0.3 is 16.0 Å². The van der Waals surface area contributed by atoms with Gasteiger partial charge in [-0.3, -0.25) is 4.79 Å². The Labute approximate surface area is 129 Å². The van der Waals surface area contributed by atoms with Gasteiger partial charge >= 0.3 is 0 Å². The number of fused-ring (bicyclic) bond motifs is 1. The lowest BCUT2D eigenvalue weighted by molar-refractivity contribution is -0.116. The lowest BCUT2D eigenvalue weighted by Gasteiger charge is -2.20. The maximum Gasteiger partial charge on any atom is 0.251 e. The second-order valence-electron chi connectivity index (χ2n) is 5.73. The average Bonchev–Trinajstić information content (AvgIpc) is 2.79. The van der Waals surface area contributed by atoms with E-state index in [-0.39, 0.29) is 11.9 Å². The predicted molar refractivity (Wildman–Crippen MR) is 87.6 cm³/mol. The number of hydrogen-bond donors (Lipinski definition) is 3. The Bertz CT molecular complexity index is 777. The topological polar surface area (TPSA) is 53.2 Å². The van der Waals surface area contributed by atoms with Crippen LogP contribution in [0.2, 0.25) is 0 Å². The van der Waals surface area contributed by atoms with Crippen LogP contribution in [0.5, 0.6) is 0 Å². The molecule has 0 spiro atoms. The lowest BCUT2D eigenvalue weighted by Crippen LogP contribution is -2.24. The van der Waals surface area contributed by atoms with Crippen molar-refractivity contribution in [1.82, 2.24) is 5.32 Å². The third kappa shape index (κ3) is 2.04. The van der Waals surface area contributed by atoms with Gasteiger partial charge in [-0.25, -0.2) is 0 Å². The molecule has 22 heavy (non-hydrogen) atoms. The van der Waals surface area contributed by atoms with Crippen LogP contribution in [-0.4, -0.2) is 12.5 Å². The van der Waals surface area contributed by atoms with Gasteiger partial charge in [0.15, 0.2) is 0 Å². The molecule has 4 rings (SSSR count). The number of nitrogens with one attached hydrogen (secondary N) is 3. The van der Waals surface area contributed by atoms with Gasteiger partial charge in [0.05, 0.1) is 29.5 Å². The zero-order valence-electron chi connectivity index (χ0n) is 12.3. The number of aryl methyl sites for hydroxylation is 1. The molecule has 2 aromatic rings. The SMILES string of the molecule is Cc1ccc(C2Nc3ccccc3NC3=C2C(=O)NC3)cc1. The highest BCUT2D eigenvalue weighted by Gasteiger charge is 2.33. The molecule has 0 radical (unpaired) electrons. The van der Waals surface area contributed by atoms with Crippen molar-refractivity contribution in [3.63, 3.8) is 0 Å². The van der Waals surface area contributed by atoms with E-state index in [1.807, 2.05) is 24.3 Å². The van der Waals surface area contributed by atoms with Gasteiger partial charge in [0, 0.05) is 5.70 Å². The second kappa shape index (κ2) is 4.91. The molecule has 2 aliphatic heterocycles. The number of carbonyl (C=O) groups excluding carboxylic acids is 1.